The molecule has 0 spiro atoms. The van der Waals surface area contributed by atoms with E-state index in [0.29, 0.717) is 10.0 Å². The summed E-state index contributed by atoms with van der Waals surface area (Å²) in [6.07, 6.45) is 8.01. The molecule has 0 amide bonds. The normalized spacial score (nSPS) is 12.1. The maximum absolute atomic E-state index is 6.22. The minimum Gasteiger partial charge on any atom is -0.310 e. The molecule has 0 bridgehead atoms. The quantitative estimate of drug-likeness (QED) is 0.595. The molecule has 92 valence electrons. The average molecular weight is 270 g/mol. The van der Waals surface area contributed by atoms with Crippen molar-refractivity contribution in [2.45, 2.75) is 32.2 Å². The van der Waals surface area contributed by atoms with E-state index >= 15 is 0 Å². The zero-order valence-electron chi connectivity index (χ0n) is 9.97. The fourth-order valence-corrected chi connectivity index (χ4v) is 2.25. The summed E-state index contributed by atoms with van der Waals surface area (Å²) in [5, 5.41) is 4.65. The van der Waals surface area contributed by atoms with Crippen LogP contribution in [0.3, 0.4) is 0 Å². The lowest BCUT2D eigenvalue weighted by Gasteiger charge is -2.19. The van der Waals surface area contributed by atoms with E-state index in [1.165, 1.54) is 0 Å². The molecule has 17 heavy (non-hydrogen) atoms. The molecule has 1 N–H and O–H groups in total. The Balaban J connectivity index is 2.82. The van der Waals surface area contributed by atoms with Crippen molar-refractivity contribution in [2.24, 2.45) is 0 Å². The van der Waals surface area contributed by atoms with Gasteiger partial charge in [-0.3, -0.25) is 0 Å². The SMILES string of the molecule is C#CCCCC(NCC)c1cccc(Cl)c1Cl. The molecule has 0 aliphatic rings. The zero-order chi connectivity index (χ0) is 12.7. The van der Waals surface area contributed by atoms with Crippen LogP contribution in [0.2, 0.25) is 10.0 Å². The first-order chi connectivity index (χ1) is 8.20. The van der Waals surface area contributed by atoms with Crippen molar-refractivity contribution in [3.8, 4) is 12.3 Å². The standard InChI is InChI=1S/C14H17Cl2N/c1-3-5-6-10-13(17-4-2)11-8-7-9-12(15)14(11)16/h1,7-9,13,17H,4-6,10H2,2H3. The highest BCUT2D eigenvalue weighted by molar-refractivity contribution is 6.42. The molecule has 0 radical (unpaired) electrons. The van der Waals surface area contributed by atoms with Gasteiger partial charge >= 0.3 is 0 Å². The van der Waals surface area contributed by atoms with Crippen molar-refractivity contribution in [1.29, 1.82) is 0 Å². The Morgan fingerprint density at radius 2 is 2.18 bits per heavy atom. The number of nitrogens with one attached hydrogen (secondary N) is 1. The van der Waals surface area contributed by atoms with Gasteiger partial charge < -0.3 is 5.32 Å². The van der Waals surface area contributed by atoms with E-state index in [4.69, 9.17) is 29.6 Å². The van der Waals surface area contributed by atoms with Gasteiger partial charge in [0.15, 0.2) is 0 Å². The third-order valence-corrected chi connectivity index (χ3v) is 3.45. The van der Waals surface area contributed by atoms with Gasteiger partial charge in [-0.25, -0.2) is 0 Å². The summed E-state index contributed by atoms with van der Waals surface area (Å²) in [5.41, 5.74) is 1.05. The van der Waals surface area contributed by atoms with Gasteiger partial charge in [-0.15, -0.1) is 12.3 Å². The van der Waals surface area contributed by atoms with Crippen LogP contribution in [0, 0.1) is 12.3 Å². The smallest absolute Gasteiger partial charge is 0.0640 e. The van der Waals surface area contributed by atoms with Crippen LogP contribution in [0.5, 0.6) is 0 Å². The van der Waals surface area contributed by atoms with Gasteiger partial charge in [0.2, 0.25) is 0 Å². The minimum atomic E-state index is 0.222. The molecule has 1 nitrogen and oxygen atoms in total. The van der Waals surface area contributed by atoms with Crippen LogP contribution in [0.25, 0.3) is 0 Å². The number of rotatable bonds is 6. The number of benzene rings is 1. The first-order valence-corrected chi connectivity index (χ1v) is 6.57. The fourth-order valence-electron chi connectivity index (χ4n) is 1.81. The predicted octanol–water partition coefficient (Wildman–Crippen LogP) is 4.45. The van der Waals surface area contributed by atoms with Crippen LogP contribution in [-0.2, 0) is 0 Å². The molecule has 0 aromatic heterocycles. The van der Waals surface area contributed by atoms with E-state index < -0.39 is 0 Å². The van der Waals surface area contributed by atoms with Gasteiger partial charge in [-0.05, 0) is 31.0 Å². The molecule has 0 fully saturated rings. The molecule has 0 heterocycles. The van der Waals surface area contributed by atoms with Gasteiger partial charge in [0, 0.05) is 12.5 Å². The van der Waals surface area contributed by atoms with Crippen molar-refractivity contribution in [3.05, 3.63) is 33.8 Å². The molecule has 0 aliphatic carbocycles. The van der Waals surface area contributed by atoms with Crippen LogP contribution in [0.1, 0.15) is 37.8 Å². The summed E-state index contributed by atoms with van der Waals surface area (Å²) in [4.78, 5) is 0. The maximum atomic E-state index is 6.22. The Labute approximate surface area is 114 Å². The number of halogens is 2. The van der Waals surface area contributed by atoms with Gasteiger partial charge in [-0.1, -0.05) is 42.3 Å². The summed E-state index contributed by atoms with van der Waals surface area (Å²) >= 11 is 12.3. The Morgan fingerprint density at radius 3 is 2.82 bits per heavy atom. The zero-order valence-corrected chi connectivity index (χ0v) is 11.5. The molecular weight excluding hydrogens is 253 g/mol. The average Bonchev–Trinajstić information content (AvgIpc) is 2.32. The Hall–Kier alpha value is -0.680. The van der Waals surface area contributed by atoms with Crippen LogP contribution in [0.4, 0.5) is 0 Å². The van der Waals surface area contributed by atoms with Gasteiger partial charge in [0.1, 0.15) is 0 Å². The van der Waals surface area contributed by atoms with Crippen molar-refractivity contribution >= 4 is 23.2 Å². The fraction of sp³-hybridized carbons (Fsp3) is 0.429. The van der Waals surface area contributed by atoms with Crippen molar-refractivity contribution < 1.29 is 0 Å². The highest BCUT2D eigenvalue weighted by Gasteiger charge is 2.14. The van der Waals surface area contributed by atoms with E-state index in [0.717, 1.165) is 31.4 Å². The highest BCUT2D eigenvalue weighted by Crippen LogP contribution is 2.31. The second-order valence-electron chi connectivity index (χ2n) is 3.85. The van der Waals surface area contributed by atoms with E-state index in [-0.39, 0.29) is 6.04 Å². The number of hydrogen-bond acceptors (Lipinski definition) is 1. The van der Waals surface area contributed by atoms with Gasteiger partial charge in [0.25, 0.3) is 0 Å². The topological polar surface area (TPSA) is 12.0 Å². The van der Waals surface area contributed by atoms with Crippen LogP contribution in [0.15, 0.2) is 18.2 Å². The molecular formula is C14H17Cl2N. The largest absolute Gasteiger partial charge is 0.310 e. The Bertz CT molecular complexity index is 396. The third kappa shape index (κ3) is 4.24. The van der Waals surface area contributed by atoms with Crippen LogP contribution < -0.4 is 5.32 Å². The number of terminal acetylenes is 1. The lowest BCUT2D eigenvalue weighted by molar-refractivity contribution is 0.502. The van der Waals surface area contributed by atoms with Crippen LogP contribution in [-0.4, -0.2) is 6.54 Å². The molecule has 1 aromatic carbocycles. The Kier molecular flexibility index (Phi) is 6.44. The monoisotopic (exact) mass is 269 g/mol. The number of unbranched alkanes of at least 4 members (excludes halogenated alkanes) is 1. The first-order valence-electron chi connectivity index (χ1n) is 5.81. The highest BCUT2D eigenvalue weighted by atomic mass is 35.5. The second-order valence-corrected chi connectivity index (χ2v) is 4.63. The predicted molar refractivity (Wildman–Crippen MR) is 75.6 cm³/mol. The number of hydrogen-bond donors (Lipinski definition) is 1. The summed E-state index contributed by atoms with van der Waals surface area (Å²) in [6.45, 7) is 2.97. The third-order valence-electron chi connectivity index (χ3n) is 2.62. The van der Waals surface area contributed by atoms with E-state index in [2.05, 4.69) is 18.2 Å². The maximum Gasteiger partial charge on any atom is 0.0640 e. The van der Waals surface area contributed by atoms with Crippen molar-refractivity contribution in [1.82, 2.24) is 5.32 Å². The van der Waals surface area contributed by atoms with Gasteiger partial charge in [-0.2, -0.15) is 0 Å². The Morgan fingerprint density at radius 1 is 1.41 bits per heavy atom. The van der Waals surface area contributed by atoms with Crippen LogP contribution >= 0.6 is 23.2 Å². The van der Waals surface area contributed by atoms with Crippen molar-refractivity contribution in [2.75, 3.05) is 6.54 Å². The minimum absolute atomic E-state index is 0.222. The molecule has 0 saturated heterocycles. The second kappa shape index (κ2) is 7.61. The van der Waals surface area contributed by atoms with E-state index in [9.17, 15) is 0 Å². The molecule has 1 atom stereocenters. The molecule has 1 rings (SSSR count). The first kappa shape index (κ1) is 14.4. The summed E-state index contributed by atoms with van der Waals surface area (Å²) in [7, 11) is 0. The van der Waals surface area contributed by atoms with Crippen molar-refractivity contribution in [3.63, 3.8) is 0 Å². The van der Waals surface area contributed by atoms with E-state index in [1.807, 2.05) is 12.1 Å². The lowest BCUT2D eigenvalue weighted by atomic mass is 10.0. The summed E-state index contributed by atoms with van der Waals surface area (Å²) < 4.78 is 0. The molecule has 1 aromatic rings. The molecule has 0 aliphatic heterocycles. The summed E-state index contributed by atoms with van der Waals surface area (Å²) in [6, 6.07) is 5.96. The molecule has 0 saturated carbocycles. The van der Waals surface area contributed by atoms with Gasteiger partial charge in [0.05, 0.1) is 10.0 Å². The molecule has 3 heteroatoms. The molecule has 1 unspecified atom stereocenters. The summed E-state index contributed by atoms with van der Waals surface area (Å²) in [5.74, 6) is 2.66. The van der Waals surface area contributed by atoms with E-state index in [1.54, 1.807) is 6.07 Å². The lowest BCUT2D eigenvalue weighted by Crippen LogP contribution is -2.21.